The van der Waals surface area contributed by atoms with Crippen molar-refractivity contribution in [3.63, 3.8) is 0 Å². The van der Waals surface area contributed by atoms with Crippen LogP contribution in [0.4, 0.5) is 10.5 Å². The number of ether oxygens (including phenoxy) is 3. The highest BCUT2D eigenvalue weighted by molar-refractivity contribution is 6.32. The van der Waals surface area contributed by atoms with E-state index < -0.39 is 0 Å². The van der Waals surface area contributed by atoms with Gasteiger partial charge in [0.1, 0.15) is 11.5 Å². The summed E-state index contributed by atoms with van der Waals surface area (Å²) in [5.74, 6) is 0.931. The second-order valence-corrected chi connectivity index (χ2v) is 5.65. The van der Waals surface area contributed by atoms with E-state index in [0.29, 0.717) is 35.4 Å². The SMILES string of the molecule is COCc1ccc(CNC(=O)Nc2cc(Cl)c(OC)cc2OC)cc1. The van der Waals surface area contributed by atoms with Gasteiger partial charge in [0.25, 0.3) is 0 Å². The zero-order valence-electron chi connectivity index (χ0n) is 14.4. The molecule has 0 aliphatic rings. The molecule has 0 bridgehead atoms. The van der Waals surface area contributed by atoms with E-state index in [-0.39, 0.29) is 6.03 Å². The number of carbonyl (C=O) groups excluding carboxylic acids is 1. The minimum atomic E-state index is -0.361. The first-order valence-electron chi connectivity index (χ1n) is 7.60. The number of hydrogen-bond donors (Lipinski definition) is 2. The quantitative estimate of drug-likeness (QED) is 0.783. The summed E-state index contributed by atoms with van der Waals surface area (Å²) < 4.78 is 15.4. The lowest BCUT2D eigenvalue weighted by molar-refractivity contribution is 0.185. The lowest BCUT2D eigenvalue weighted by Crippen LogP contribution is -2.28. The van der Waals surface area contributed by atoms with Gasteiger partial charge in [-0.15, -0.1) is 0 Å². The van der Waals surface area contributed by atoms with Gasteiger partial charge in [0.2, 0.25) is 0 Å². The second kappa shape index (κ2) is 9.15. The predicted octanol–water partition coefficient (Wildman–Crippen LogP) is 3.83. The standard InChI is InChI=1S/C18H21ClN2O4/c1-23-11-13-6-4-12(5-7-13)10-20-18(22)21-15-8-14(19)16(24-2)9-17(15)25-3/h4-9H,10-11H2,1-3H3,(H2,20,21,22). The molecular weight excluding hydrogens is 344 g/mol. The number of anilines is 1. The van der Waals surface area contributed by atoms with Gasteiger partial charge in [-0.2, -0.15) is 0 Å². The summed E-state index contributed by atoms with van der Waals surface area (Å²) in [4.78, 5) is 12.1. The molecule has 0 saturated carbocycles. The van der Waals surface area contributed by atoms with Crippen LogP contribution in [-0.2, 0) is 17.9 Å². The minimum Gasteiger partial charge on any atom is -0.495 e. The molecule has 2 aromatic rings. The molecule has 0 aliphatic carbocycles. The van der Waals surface area contributed by atoms with Crippen LogP contribution in [0.5, 0.6) is 11.5 Å². The van der Waals surface area contributed by atoms with Crippen molar-refractivity contribution in [2.45, 2.75) is 13.2 Å². The van der Waals surface area contributed by atoms with Gasteiger partial charge < -0.3 is 24.8 Å². The Balaban J connectivity index is 1.97. The van der Waals surface area contributed by atoms with Gasteiger partial charge >= 0.3 is 6.03 Å². The number of rotatable bonds is 7. The predicted molar refractivity (Wildman–Crippen MR) is 97.6 cm³/mol. The second-order valence-electron chi connectivity index (χ2n) is 5.24. The van der Waals surface area contributed by atoms with Crippen LogP contribution < -0.4 is 20.1 Å². The third-order valence-corrected chi connectivity index (χ3v) is 3.80. The van der Waals surface area contributed by atoms with E-state index in [2.05, 4.69) is 10.6 Å². The van der Waals surface area contributed by atoms with Gasteiger partial charge in [0, 0.05) is 19.7 Å². The molecule has 0 saturated heterocycles. The molecule has 0 aliphatic heterocycles. The molecule has 0 fully saturated rings. The molecule has 2 rings (SSSR count). The highest BCUT2D eigenvalue weighted by Gasteiger charge is 2.12. The lowest BCUT2D eigenvalue weighted by atomic mass is 10.1. The molecule has 2 N–H and O–H groups in total. The van der Waals surface area contributed by atoms with E-state index in [1.165, 1.54) is 14.2 Å². The zero-order valence-corrected chi connectivity index (χ0v) is 15.1. The van der Waals surface area contributed by atoms with E-state index in [1.54, 1.807) is 19.2 Å². The first-order valence-corrected chi connectivity index (χ1v) is 7.98. The highest BCUT2D eigenvalue weighted by Crippen LogP contribution is 2.35. The van der Waals surface area contributed by atoms with Gasteiger partial charge in [-0.1, -0.05) is 35.9 Å². The fraction of sp³-hybridized carbons (Fsp3) is 0.278. The summed E-state index contributed by atoms with van der Waals surface area (Å²) in [7, 11) is 4.67. The number of urea groups is 1. The number of hydrogen-bond acceptors (Lipinski definition) is 4. The number of methoxy groups -OCH3 is 3. The molecule has 25 heavy (non-hydrogen) atoms. The van der Waals surface area contributed by atoms with E-state index in [0.717, 1.165) is 11.1 Å². The highest BCUT2D eigenvalue weighted by atomic mass is 35.5. The fourth-order valence-electron chi connectivity index (χ4n) is 2.23. The molecular formula is C18H21ClN2O4. The fourth-order valence-corrected chi connectivity index (χ4v) is 2.47. The van der Waals surface area contributed by atoms with Gasteiger partial charge in [0.15, 0.2) is 0 Å². The maximum Gasteiger partial charge on any atom is 0.319 e. The van der Waals surface area contributed by atoms with E-state index in [1.807, 2.05) is 24.3 Å². The molecule has 7 heteroatoms. The van der Waals surface area contributed by atoms with Gasteiger partial charge in [0.05, 0.1) is 31.5 Å². The first kappa shape index (κ1) is 18.9. The molecule has 0 aromatic heterocycles. The number of halogens is 1. The van der Waals surface area contributed by atoms with Crippen LogP contribution in [0.15, 0.2) is 36.4 Å². The van der Waals surface area contributed by atoms with Crippen LogP contribution in [0, 0.1) is 0 Å². The Morgan fingerprint density at radius 2 is 1.64 bits per heavy atom. The molecule has 0 atom stereocenters. The Kier molecular flexibility index (Phi) is 6.91. The Hall–Kier alpha value is -2.44. The van der Waals surface area contributed by atoms with Crippen LogP contribution in [0.2, 0.25) is 5.02 Å². The Bertz CT molecular complexity index is 720. The molecule has 0 heterocycles. The first-order chi connectivity index (χ1) is 12.1. The maximum absolute atomic E-state index is 12.1. The largest absolute Gasteiger partial charge is 0.495 e. The molecule has 0 spiro atoms. The summed E-state index contributed by atoms with van der Waals surface area (Å²) in [6.45, 7) is 0.956. The third-order valence-electron chi connectivity index (χ3n) is 3.51. The molecule has 2 aromatic carbocycles. The van der Waals surface area contributed by atoms with E-state index >= 15 is 0 Å². The normalized spacial score (nSPS) is 10.2. The van der Waals surface area contributed by atoms with Crippen LogP contribution in [0.3, 0.4) is 0 Å². The lowest BCUT2D eigenvalue weighted by Gasteiger charge is -2.13. The summed E-state index contributed by atoms with van der Waals surface area (Å²) in [6, 6.07) is 10.7. The van der Waals surface area contributed by atoms with E-state index in [9.17, 15) is 4.79 Å². The zero-order chi connectivity index (χ0) is 18.2. The number of carbonyl (C=O) groups is 1. The number of nitrogens with one attached hydrogen (secondary N) is 2. The average Bonchev–Trinajstić information content (AvgIpc) is 2.61. The van der Waals surface area contributed by atoms with Crippen LogP contribution in [0.1, 0.15) is 11.1 Å². The maximum atomic E-state index is 12.1. The van der Waals surface area contributed by atoms with E-state index in [4.69, 9.17) is 25.8 Å². The topological polar surface area (TPSA) is 68.8 Å². The molecule has 0 unspecified atom stereocenters. The van der Waals surface area contributed by atoms with Crippen molar-refractivity contribution >= 4 is 23.3 Å². The monoisotopic (exact) mass is 364 g/mol. The summed E-state index contributed by atoms with van der Waals surface area (Å²) in [5, 5.41) is 5.89. The van der Waals surface area contributed by atoms with Crippen molar-refractivity contribution in [3.8, 4) is 11.5 Å². The molecule has 134 valence electrons. The minimum absolute atomic E-state index is 0.361. The Morgan fingerprint density at radius 3 is 2.24 bits per heavy atom. The number of amides is 2. The Morgan fingerprint density at radius 1 is 1.00 bits per heavy atom. The number of benzene rings is 2. The van der Waals surface area contributed by atoms with Crippen molar-refractivity contribution in [2.75, 3.05) is 26.6 Å². The third kappa shape index (κ3) is 5.27. The van der Waals surface area contributed by atoms with Crippen molar-refractivity contribution in [2.24, 2.45) is 0 Å². The van der Waals surface area contributed by atoms with Gasteiger partial charge in [-0.25, -0.2) is 4.79 Å². The van der Waals surface area contributed by atoms with Crippen molar-refractivity contribution in [1.82, 2.24) is 5.32 Å². The van der Waals surface area contributed by atoms with Gasteiger partial charge in [-0.3, -0.25) is 0 Å². The van der Waals surface area contributed by atoms with Gasteiger partial charge in [-0.05, 0) is 17.2 Å². The smallest absolute Gasteiger partial charge is 0.319 e. The summed E-state index contributed by atoms with van der Waals surface area (Å²) in [5.41, 5.74) is 2.52. The summed E-state index contributed by atoms with van der Waals surface area (Å²) >= 11 is 6.09. The summed E-state index contributed by atoms with van der Waals surface area (Å²) in [6.07, 6.45) is 0. The molecule has 6 nitrogen and oxygen atoms in total. The van der Waals surface area contributed by atoms with Crippen LogP contribution >= 0.6 is 11.6 Å². The van der Waals surface area contributed by atoms with Crippen LogP contribution in [-0.4, -0.2) is 27.4 Å². The van der Waals surface area contributed by atoms with Crippen molar-refractivity contribution < 1.29 is 19.0 Å². The molecule has 2 amide bonds. The van der Waals surface area contributed by atoms with Crippen molar-refractivity contribution in [1.29, 1.82) is 0 Å². The Labute approximate surface area is 152 Å². The van der Waals surface area contributed by atoms with Crippen LogP contribution in [0.25, 0.3) is 0 Å². The average molecular weight is 365 g/mol. The van der Waals surface area contributed by atoms with Crippen molar-refractivity contribution in [3.05, 3.63) is 52.5 Å². The molecule has 0 radical (unpaired) electrons.